The lowest BCUT2D eigenvalue weighted by molar-refractivity contribution is -0.106. The minimum atomic E-state index is 0.135. The molecule has 11 heteroatoms. The molecule has 1 aromatic carbocycles. The maximum atomic E-state index is 8.58. The number of thioether (sulfide) groups is 1. The van der Waals surface area contributed by atoms with E-state index >= 15 is 0 Å². The van der Waals surface area contributed by atoms with E-state index in [0.717, 1.165) is 79.7 Å². The lowest BCUT2D eigenvalue weighted by Crippen LogP contribution is -2.37. The fourth-order valence-electron chi connectivity index (χ4n) is 3.27. The van der Waals surface area contributed by atoms with Crippen LogP contribution in [0, 0.1) is 0 Å². The molecule has 2 heterocycles. The van der Waals surface area contributed by atoms with Crippen molar-refractivity contribution in [1.82, 2.24) is 9.97 Å². The van der Waals surface area contributed by atoms with Crippen molar-refractivity contribution in [3.8, 4) is 11.4 Å². The SMILES string of the molecule is CC.CSC1(c2cc(N3CCOCC3)nc(-c3ccc(N=C(N)SN)cc3)n2)CC1.NC=O. The third-order valence-corrected chi connectivity index (χ3v) is 6.83. The summed E-state index contributed by atoms with van der Waals surface area (Å²) >= 11 is 2.82. The number of aliphatic imine (C=N–C) groups is 1. The van der Waals surface area contributed by atoms with Crippen LogP contribution in [-0.2, 0) is 14.3 Å². The highest BCUT2D eigenvalue weighted by Crippen LogP contribution is 2.55. The number of primary amides is 1. The Labute approximate surface area is 204 Å². The number of hydrogen-bond acceptors (Lipinski definition) is 9. The average molecular weight is 492 g/mol. The molecule has 1 aliphatic carbocycles. The molecular weight excluding hydrogens is 458 g/mol. The lowest BCUT2D eigenvalue weighted by atomic mass is 10.1. The molecule has 0 spiro atoms. The minimum absolute atomic E-state index is 0.135. The van der Waals surface area contributed by atoms with E-state index in [2.05, 4.69) is 27.9 Å². The summed E-state index contributed by atoms with van der Waals surface area (Å²) in [4.78, 5) is 24.9. The second kappa shape index (κ2) is 13.4. The van der Waals surface area contributed by atoms with Gasteiger partial charge in [-0.15, -0.1) is 0 Å². The van der Waals surface area contributed by atoms with Crippen LogP contribution in [0.4, 0.5) is 11.5 Å². The van der Waals surface area contributed by atoms with Crippen LogP contribution in [0.3, 0.4) is 0 Å². The van der Waals surface area contributed by atoms with Gasteiger partial charge in [0.05, 0.1) is 29.3 Å². The Bertz CT molecular complexity index is 915. The maximum Gasteiger partial charge on any atom is 0.204 e. The topological polar surface area (TPSA) is 146 Å². The maximum absolute atomic E-state index is 8.58. The summed E-state index contributed by atoms with van der Waals surface area (Å²) in [5.41, 5.74) is 12.7. The van der Waals surface area contributed by atoms with Crippen LogP contribution in [0.5, 0.6) is 0 Å². The van der Waals surface area contributed by atoms with Crippen LogP contribution in [0.15, 0.2) is 35.3 Å². The molecular formula is C22H33N7O2S2. The van der Waals surface area contributed by atoms with Gasteiger partial charge in [0.1, 0.15) is 5.82 Å². The summed E-state index contributed by atoms with van der Waals surface area (Å²) < 4.78 is 5.63. The molecule has 9 nitrogen and oxygen atoms in total. The molecule has 1 amide bonds. The van der Waals surface area contributed by atoms with Crippen molar-refractivity contribution in [1.29, 1.82) is 0 Å². The van der Waals surface area contributed by atoms with Gasteiger partial charge in [-0.3, -0.25) is 9.93 Å². The average Bonchev–Trinajstić information content (AvgIpc) is 3.68. The Hall–Kier alpha value is -2.34. The van der Waals surface area contributed by atoms with Crippen LogP contribution in [0.2, 0.25) is 0 Å². The van der Waals surface area contributed by atoms with Crippen molar-refractivity contribution in [3.63, 3.8) is 0 Å². The number of ether oxygens (including phenoxy) is 1. The van der Waals surface area contributed by atoms with Gasteiger partial charge in [-0.25, -0.2) is 15.0 Å². The highest BCUT2D eigenvalue weighted by molar-refractivity contribution is 8.11. The monoisotopic (exact) mass is 491 g/mol. The van der Waals surface area contributed by atoms with E-state index < -0.39 is 0 Å². The number of benzene rings is 1. The van der Waals surface area contributed by atoms with Crippen molar-refractivity contribution in [3.05, 3.63) is 36.0 Å². The summed E-state index contributed by atoms with van der Waals surface area (Å²) in [5, 5.41) is 5.76. The molecule has 0 bridgehead atoms. The largest absolute Gasteiger partial charge is 0.378 e. The fraction of sp³-hybridized carbons (Fsp3) is 0.455. The molecule has 2 aliphatic rings. The van der Waals surface area contributed by atoms with Crippen molar-refractivity contribution in [2.75, 3.05) is 37.5 Å². The summed E-state index contributed by atoms with van der Waals surface area (Å²) in [6, 6.07) is 9.94. The number of carbonyl (C=O) groups excluding carboxylic acids is 1. The first-order valence-electron chi connectivity index (χ1n) is 10.8. The fourth-order valence-corrected chi connectivity index (χ4v) is 4.25. The van der Waals surface area contributed by atoms with Crippen molar-refractivity contribution < 1.29 is 9.53 Å². The Morgan fingerprint density at radius 2 is 1.79 bits per heavy atom. The first-order valence-corrected chi connectivity index (χ1v) is 12.9. The van der Waals surface area contributed by atoms with Gasteiger partial charge in [0.25, 0.3) is 0 Å². The van der Waals surface area contributed by atoms with Crippen LogP contribution in [0.1, 0.15) is 32.4 Å². The van der Waals surface area contributed by atoms with Crippen molar-refractivity contribution in [2.24, 2.45) is 21.6 Å². The number of morpholine rings is 1. The molecule has 2 fully saturated rings. The van der Waals surface area contributed by atoms with Crippen molar-refractivity contribution in [2.45, 2.75) is 31.4 Å². The molecule has 1 saturated carbocycles. The number of anilines is 1. The van der Waals surface area contributed by atoms with Gasteiger partial charge in [0, 0.05) is 24.7 Å². The Morgan fingerprint density at radius 3 is 2.30 bits per heavy atom. The number of amidine groups is 1. The Morgan fingerprint density at radius 1 is 1.18 bits per heavy atom. The molecule has 33 heavy (non-hydrogen) atoms. The highest BCUT2D eigenvalue weighted by Gasteiger charge is 2.45. The van der Waals surface area contributed by atoms with Crippen LogP contribution in [-0.4, -0.2) is 54.1 Å². The number of nitrogens with zero attached hydrogens (tertiary/aromatic N) is 4. The zero-order chi connectivity index (χ0) is 24.3. The van der Waals surface area contributed by atoms with E-state index in [0.29, 0.717) is 5.17 Å². The molecule has 4 rings (SSSR count). The summed E-state index contributed by atoms with van der Waals surface area (Å²) in [7, 11) is 0. The Balaban J connectivity index is 0.000000714. The van der Waals surface area contributed by atoms with E-state index in [9.17, 15) is 0 Å². The van der Waals surface area contributed by atoms with E-state index in [1.807, 2.05) is 49.9 Å². The molecule has 1 aliphatic heterocycles. The molecule has 2 aromatic rings. The number of rotatable bonds is 5. The third-order valence-electron chi connectivity index (χ3n) is 5.09. The van der Waals surface area contributed by atoms with Gasteiger partial charge < -0.3 is 21.1 Å². The third kappa shape index (κ3) is 7.32. The van der Waals surface area contributed by atoms with Gasteiger partial charge in [0.2, 0.25) is 6.41 Å². The number of carbonyl (C=O) groups is 1. The van der Waals surface area contributed by atoms with Gasteiger partial charge in [-0.1, -0.05) is 13.8 Å². The van der Waals surface area contributed by atoms with Crippen molar-refractivity contribution >= 4 is 46.8 Å². The first-order chi connectivity index (χ1) is 16.0. The molecule has 6 N–H and O–H groups in total. The quantitative estimate of drug-likeness (QED) is 0.248. The van der Waals surface area contributed by atoms with Gasteiger partial charge in [-0.05, 0) is 55.3 Å². The van der Waals surface area contributed by atoms with Crippen LogP contribution in [0.25, 0.3) is 11.4 Å². The van der Waals surface area contributed by atoms with Crippen LogP contribution < -0.4 is 21.5 Å². The predicted octanol–water partition coefficient (Wildman–Crippen LogP) is 3.01. The summed E-state index contributed by atoms with van der Waals surface area (Å²) in [6.45, 7) is 7.17. The molecule has 0 atom stereocenters. The lowest BCUT2D eigenvalue weighted by Gasteiger charge is -2.29. The van der Waals surface area contributed by atoms with Gasteiger partial charge >= 0.3 is 0 Å². The highest BCUT2D eigenvalue weighted by atomic mass is 32.2. The zero-order valence-electron chi connectivity index (χ0n) is 19.4. The zero-order valence-corrected chi connectivity index (χ0v) is 21.0. The van der Waals surface area contributed by atoms with E-state index in [4.69, 9.17) is 30.4 Å². The smallest absolute Gasteiger partial charge is 0.204 e. The molecule has 1 aromatic heterocycles. The van der Waals surface area contributed by atoms with Crippen LogP contribution >= 0.6 is 23.7 Å². The molecule has 1 saturated heterocycles. The molecule has 180 valence electrons. The predicted molar refractivity (Wildman–Crippen MR) is 140 cm³/mol. The number of hydrogen-bond donors (Lipinski definition) is 3. The number of aromatic nitrogens is 2. The number of nitrogens with two attached hydrogens (primary N) is 3. The van der Waals surface area contributed by atoms with E-state index in [1.165, 1.54) is 0 Å². The Kier molecular flexibility index (Phi) is 10.9. The van der Waals surface area contributed by atoms with E-state index in [-0.39, 0.29) is 11.2 Å². The van der Waals surface area contributed by atoms with Gasteiger partial charge in [0.15, 0.2) is 11.0 Å². The first kappa shape index (κ1) is 26.9. The second-order valence-corrected chi connectivity index (χ2v) is 8.83. The summed E-state index contributed by atoms with van der Waals surface area (Å²) in [5.74, 6) is 1.73. The standard InChI is InChI=1S/C19H24N6OS2.C2H6.CH3NO/c1-27-19(6-7-19)15-12-16(25-8-10-26-11-9-25)24-17(23-15)13-2-4-14(5-3-13)22-18(20)28-21;1-2;2-1-3/h2-5,12H,6-11,21H2,1H3,(H2,20,22);1-2H3;1H,(H2,2,3). The molecule has 0 radical (unpaired) electrons. The minimum Gasteiger partial charge on any atom is -0.378 e. The normalized spacial score (nSPS) is 16.6. The number of amides is 1. The van der Waals surface area contributed by atoms with Gasteiger partial charge in [-0.2, -0.15) is 11.8 Å². The van der Waals surface area contributed by atoms with E-state index in [1.54, 1.807) is 0 Å². The summed E-state index contributed by atoms with van der Waals surface area (Å²) in [6.07, 6.45) is 4.74. The second-order valence-electron chi connectivity index (χ2n) is 6.98. The molecule has 0 unspecified atom stereocenters.